The fourth-order valence-corrected chi connectivity index (χ4v) is 5.84. The van der Waals surface area contributed by atoms with Crippen molar-refractivity contribution < 1.29 is 27.4 Å². The molecule has 0 heterocycles. The summed E-state index contributed by atoms with van der Waals surface area (Å²) in [4.78, 5) is 13.7. The zero-order valence-corrected chi connectivity index (χ0v) is 27.0. The molecule has 228 valence electrons. The lowest BCUT2D eigenvalue weighted by atomic mass is 9.78. The molecule has 3 rings (SSSR count). The van der Waals surface area contributed by atoms with Crippen LogP contribution in [0.1, 0.15) is 61.7 Å². The maximum Gasteiger partial charge on any atom is 0.337 e. The van der Waals surface area contributed by atoms with Crippen molar-refractivity contribution in [2.24, 2.45) is 0 Å². The molecular weight excluding hydrogens is 552 g/mol. The lowest BCUT2D eigenvalue weighted by Gasteiger charge is -2.28. The van der Waals surface area contributed by atoms with Crippen molar-refractivity contribution >= 4 is 27.4 Å². The Morgan fingerprint density at radius 1 is 0.905 bits per heavy atom. The highest BCUT2D eigenvalue weighted by Gasteiger charge is 2.25. The summed E-state index contributed by atoms with van der Waals surface area (Å²) in [5.74, 6) is 0.602. The average Bonchev–Trinajstić information content (AvgIpc) is 2.91. The van der Waals surface area contributed by atoms with Crippen molar-refractivity contribution in [3.05, 3.63) is 82.9 Å². The minimum absolute atomic E-state index is 0.0253. The minimum atomic E-state index is -3.73. The Morgan fingerprint density at radius 2 is 1.55 bits per heavy atom. The Hall–Kier alpha value is -3.72. The number of rotatable bonds is 12. The second-order valence-electron chi connectivity index (χ2n) is 12.2. The van der Waals surface area contributed by atoms with Crippen LogP contribution in [0.25, 0.3) is 0 Å². The number of nitrogens with one attached hydrogen (secondary N) is 1. The van der Waals surface area contributed by atoms with E-state index in [-0.39, 0.29) is 29.2 Å². The number of sulfonamides is 1. The first-order valence-electron chi connectivity index (χ1n) is 13.9. The molecule has 0 aliphatic heterocycles. The highest BCUT2D eigenvalue weighted by Crippen LogP contribution is 2.37. The first-order valence-corrected chi connectivity index (χ1v) is 15.5. The normalized spacial score (nSPS) is 12.0. The molecule has 0 saturated carbocycles. The highest BCUT2D eigenvalue weighted by atomic mass is 32.2. The summed E-state index contributed by atoms with van der Waals surface area (Å²) in [5, 5.41) is 0. The molecule has 0 radical (unpaired) electrons. The Labute approximate surface area is 251 Å². The van der Waals surface area contributed by atoms with Gasteiger partial charge in [0.2, 0.25) is 10.0 Å². The molecule has 0 aliphatic carbocycles. The first-order chi connectivity index (χ1) is 19.6. The average molecular weight is 597 g/mol. The summed E-state index contributed by atoms with van der Waals surface area (Å²) in [6.07, 6.45) is 0.663. The molecule has 0 unspecified atom stereocenters. The van der Waals surface area contributed by atoms with Crippen molar-refractivity contribution in [3.63, 3.8) is 0 Å². The lowest BCUT2D eigenvalue weighted by Crippen LogP contribution is -2.25. The number of carbonyl (C=O) groups is 1. The summed E-state index contributed by atoms with van der Waals surface area (Å²) in [6.45, 7) is 10.4. The number of anilines is 2. The van der Waals surface area contributed by atoms with Crippen molar-refractivity contribution in [2.75, 3.05) is 50.3 Å². The SMILES string of the molecule is COC(=O)c1ccc(C(C)(C)Cc2ccc(C(C)(C)C)c(NS(=O)(=O)CCOc3cccc(OC)c3N(C)C)c2)cc1. The number of esters is 1. The van der Waals surface area contributed by atoms with E-state index < -0.39 is 10.0 Å². The maximum absolute atomic E-state index is 13.3. The Balaban J connectivity index is 1.81. The van der Waals surface area contributed by atoms with Gasteiger partial charge in [-0.25, -0.2) is 13.2 Å². The number of hydrogen-bond donors (Lipinski definition) is 1. The van der Waals surface area contributed by atoms with Crippen LogP contribution in [0.5, 0.6) is 11.5 Å². The summed E-state index contributed by atoms with van der Waals surface area (Å²) in [7, 11) is 2.98. The van der Waals surface area contributed by atoms with Crippen molar-refractivity contribution in [2.45, 2.75) is 51.9 Å². The monoisotopic (exact) mass is 596 g/mol. The molecule has 3 aromatic rings. The zero-order chi connectivity index (χ0) is 31.3. The summed E-state index contributed by atoms with van der Waals surface area (Å²) in [6, 6.07) is 18.8. The number of ether oxygens (including phenoxy) is 3. The van der Waals surface area contributed by atoms with Crippen LogP contribution in [0, 0.1) is 0 Å². The summed E-state index contributed by atoms with van der Waals surface area (Å²) in [5.41, 5.74) is 4.20. The quantitative estimate of drug-likeness (QED) is 0.249. The molecule has 0 atom stereocenters. The summed E-state index contributed by atoms with van der Waals surface area (Å²) < 4.78 is 45.6. The van der Waals surface area contributed by atoms with Gasteiger partial charge in [0.15, 0.2) is 0 Å². The van der Waals surface area contributed by atoms with E-state index in [1.807, 2.05) is 55.4 Å². The fraction of sp³-hybridized carbons (Fsp3) is 0.424. The smallest absolute Gasteiger partial charge is 0.337 e. The molecule has 0 saturated heterocycles. The van der Waals surface area contributed by atoms with Crippen LogP contribution >= 0.6 is 0 Å². The van der Waals surface area contributed by atoms with Gasteiger partial charge < -0.3 is 19.1 Å². The molecular formula is C33H44N2O6S. The van der Waals surface area contributed by atoms with Gasteiger partial charge in [-0.2, -0.15) is 0 Å². The number of methoxy groups -OCH3 is 2. The van der Waals surface area contributed by atoms with Crippen LogP contribution < -0.4 is 19.1 Å². The van der Waals surface area contributed by atoms with Gasteiger partial charge >= 0.3 is 5.97 Å². The van der Waals surface area contributed by atoms with E-state index in [9.17, 15) is 13.2 Å². The van der Waals surface area contributed by atoms with E-state index in [4.69, 9.17) is 14.2 Å². The first kappa shape index (κ1) is 32.8. The third-order valence-corrected chi connectivity index (χ3v) is 8.36. The van der Waals surface area contributed by atoms with Gasteiger partial charge in [0.1, 0.15) is 29.5 Å². The van der Waals surface area contributed by atoms with E-state index in [0.717, 1.165) is 22.4 Å². The number of para-hydroxylation sites is 1. The van der Waals surface area contributed by atoms with Crippen molar-refractivity contribution in [3.8, 4) is 11.5 Å². The second-order valence-corrected chi connectivity index (χ2v) is 14.1. The topological polar surface area (TPSA) is 94.2 Å². The van der Waals surface area contributed by atoms with Gasteiger partial charge in [0, 0.05) is 14.1 Å². The molecule has 0 bridgehead atoms. The Bertz CT molecular complexity index is 1490. The number of hydrogen-bond acceptors (Lipinski definition) is 7. The molecule has 0 fully saturated rings. The van der Waals surface area contributed by atoms with Gasteiger partial charge in [-0.3, -0.25) is 4.72 Å². The third-order valence-electron chi connectivity index (χ3n) is 7.13. The highest BCUT2D eigenvalue weighted by molar-refractivity contribution is 7.92. The molecule has 0 spiro atoms. The lowest BCUT2D eigenvalue weighted by molar-refractivity contribution is 0.0600. The van der Waals surface area contributed by atoms with E-state index in [2.05, 4.69) is 45.4 Å². The molecule has 0 aliphatic rings. The van der Waals surface area contributed by atoms with E-state index >= 15 is 0 Å². The van der Waals surface area contributed by atoms with E-state index in [1.165, 1.54) is 7.11 Å². The molecule has 0 aromatic heterocycles. The Kier molecular flexibility index (Phi) is 10.2. The fourth-order valence-electron chi connectivity index (χ4n) is 4.93. The van der Waals surface area contributed by atoms with Crippen LogP contribution in [0.3, 0.4) is 0 Å². The Morgan fingerprint density at radius 3 is 2.12 bits per heavy atom. The van der Waals surface area contributed by atoms with Gasteiger partial charge in [0.05, 0.1) is 25.5 Å². The predicted molar refractivity (Wildman–Crippen MR) is 170 cm³/mol. The number of benzene rings is 3. The van der Waals surface area contributed by atoms with Crippen molar-refractivity contribution in [1.29, 1.82) is 0 Å². The number of carbonyl (C=O) groups excluding carboxylic acids is 1. The third kappa shape index (κ3) is 8.18. The standard InChI is InChI=1S/C33H44N2O6S/c1-32(2,3)26-18-13-23(22-33(4,5)25-16-14-24(15-17-25)31(36)40-9)21-27(26)34-42(37,38)20-19-41-29-12-10-11-28(39-8)30(29)35(6)7/h10-18,21,34H,19-20,22H2,1-9H3. The second kappa shape index (κ2) is 13.1. The van der Waals surface area contributed by atoms with E-state index in [1.54, 1.807) is 25.3 Å². The van der Waals surface area contributed by atoms with Gasteiger partial charge in [-0.15, -0.1) is 0 Å². The van der Waals surface area contributed by atoms with Crippen molar-refractivity contribution in [1.82, 2.24) is 0 Å². The predicted octanol–water partition coefficient (Wildman–Crippen LogP) is 6.19. The largest absolute Gasteiger partial charge is 0.494 e. The number of nitrogens with zero attached hydrogens (tertiary/aromatic N) is 1. The van der Waals surface area contributed by atoms with Crippen LogP contribution in [-0.4, -0.2) is 55.1 Å². The molecule has 42 heavy (non-hydrogen) atoms. The molecule has 0 amide bonds. The zero-order valence-electron chi connectivity index (χ0n) is 26.2. The minimum Gasteiger partial charge on any atom is -0.494 e. The van der Waals surface area contributed by atoms with Crippen LogP contribution in [0.4, 0.5) is 11.4 Å². The molecule has 9 heteroatoms. The van der Waals surface area contributed by atoms with Gasteiger partial charge in [0.25, 0.3) is 0 Å². The van der Waals surface area contributed by atoms with Gasteiger partial charge in [-0.1, -0.05) is 65.0 Å². The van der Waals surface area contributed by atoms with Crippen LogP contribution in [0.15, 0.2) is 60.7 Å². The maximum atomic E-state index is 13.3. The van der Waals surface area contributed by atoms with Crippen LogP contribution in [0.2, 0.25) is 0 Å². The van der Waals surface area contributed by atoms with E-state index in [0.29, 0.717) is 29.2 Å². The summed E-state index contributed by atoms with van der Waals surface area (Å²) >= 11 is 0. The van der Waals surface area contributed by atoms with Crippen LogP contribution in [-0.2, 0) is 32.0 Å². The van der Waals surface area contributed by atoms with Gasteiger partial charge in [-0.05, 0) is 64.3 Å². The molecule has 8 nitrogen and oxygen atoms in total. The molecule has 1 N–H and O–H groups in total. The molecule has 3 aromatic carbocycles.